The van der Waals surface area contributed by atoms with Gasteiger partial charge in [-0.25, -0.2) is 13.4 Å². The van der Waals surface area contributed by atoms with Crippen LogP contribution in [0.2, 0.25) is 0 Å². The van der Waals surface area contributed by atoms with Gasteiger partial charge in [0.2, 0.25) is 0 Å². The first-order valence-electron chi connectivity index (χ1n) is 10.2. The predicted octanol–water partition coefficient (Wildman–Crippen LogP) is 4.65. The number of aromatic nitrogens is 1. The van der Waals surface area contributed by atoms with Crippen LogP contribution >= 0.6 is 11.3 Å². The average Bonchev–Trinajstić information content (AvgIpc) is 3.35. The summed E-state index contributed by atoms with van der Waals surface area (Å²) in [6.07, 6.45) is 1.51. The third-order valence-electron chi connectivity index (χ3n) is 4.54. The second-order valence-corrected chi connectivity index (χ2v) is 9.54. The van der Waals surface area contributed by atoms with Crippen LogP contribution < -0.4 is 19.5 Å². The zero-order chi connectivity index (χ0) is 23.8. The van der Waals surface area contributed by atoms with Gasteiger partial charge in [-0.3, -0.25) is 9.52 Å². The maximum atomic E-state index is 12.6. The topological polar surface area (TPSA) is 107 Å². The van der Waals surface area contributed by atoms with E-state index < -0.39 is 10.0 Å². The molecule has 10 heteroatoms. The van der Waals surface area contributed by atoms with Crippen LogP contribution in [0.25, 0.3) is 0 Å². The van der Waals surface area contributed by atoms with E-state index in [0.29, 0.717) is 30.2 Å². The summed E-state index contributed by atoms with van der Waals surface area (Å²) in [5.74, 6) is 0.957. The number of hydrogen-bond acceptors (Lipinski definition) is 7. The molecule has 1 amide bonds. The Hall–Kier alpha value is -3.89. The zero-order valence-corrected chi connectivity index (χ0v) is 19.5. The van der Waals surface area contributed by atoms with Gasteiger partial charge in [-0.2, -0.15) is 0 Å². The molecular weight excluding hydrogens is 474 g/mol. The summed E-state index contributed by atoms with van der Waals surface area (Å²) < 4.78 is 38.5. The second kappa shape index (κ2) is 10.8. The standard InChI is InChI=1S/C24H21N3O5S2/c28-23(18-5-4-8-21(17-18)32-15-14-31-20-6-2-1-3-7-20)26-19-9-11-22(12-10-19)34(29,30)27-24-25-13-16-33-24/h1-13,16-17H,14-15H2,(H,25,27)(H,26,28). The van der Waals surface area contributed by atoms with Crippen molar-refractivity contribution < 1.29 is 22.7 Å². The Bertz CT molecular complexity index is 1330. The Kier molecular flexibility index (Phi) is 7.41. The van der Waals surface area contributed by atoms with Gasteiger partial charge in [0.25, 0.3) is 15.9 Å². The Morgan fingerprint density at radius 2 is 1.59 bits per heavy atom. The summed E-state index contributed by atoms with van der Waals surface area (Å²) in [4.78, 5) is 16.6. The van der Waals surface area contributed by atoms with Gasteiger partial charge in [-0.1, -0.05) is 24.3 Å². The number of thiazole rings is 1. The van der Waals surface area contributed by atoms with E-state index in [1.807, 2.05) is 30.3 Å². The van der Waals surface area contributed by atoms with E-state index in [1.54, 1.807) is 29.6 Å². The molecule has 4 aromatic rings. The zero-order valence-electron chi connectivity index (χ0n) is 17.9. The van der Waals surface area contributed by atoms with Crippen molar-refractivity contribution in [3.05, 3.63) is 96.0 Å². The van der Waals surface area contributed by atoms with Crippen molar-refractivity contribution in [3.8, 4) is 11.5 Å². The molecule has 0 unspecified atom stereocenters. The maximum absolute atomic E-state index is 12.6. The number of rotatable bonds is 10. The van der Waals surface area contributed by atoms with Crippen molar-refractivity contribution in [2.24, 2.45) is 0 Å². The highest BCUT2D eigenvalue weighted by molar-refractivity contribution is 7.93. The van der Waals surface area contributed by atoms with Gasteiger partial charge in [0, 0.05) is 22.8 Å². The van der Waals surface area contributed by atoms with Crippen LogP contribution in [0.4, 0.5) is 10.8 Å². The molecule has 0 saturated heterocycles. The quantitative estimate of drug-likeness (QED) is 0.310. The highest BCUT2D eigenvalue weighted by atomic mass is 32.2. The van der Waals surface area contributed by atoms with Crippen LogP contribution in [0.15, 0.2) is 95.3 Å². The van der Waals surface area contributed by atoms with E-state index in [4.69, 9.17) is 9.47 Å². The summed E-state index contributed by atoms with van der Waals surface area (Å²) >= 11 is 1.18. The van der Waals surface area contributed by atoms with E-state index in [-0.39, 0.29) is 15.9 Å². The maximum Gasteiger partial charge on any atom is 0.263 e. The molecule has 174 valence electrons. The molecule has 0 fully saturated rings. The first-order chi connectivity index (χ1) is 16.5. The molecule has 2 N–H and O–H groups in total. The van der Waals surface area contributed by atoms with Gasteiger partial charge in [0.15, 0.2) is 5.13 Å². The molecule has 1 aromatic heterocycles. The Morgan fingerprint density at radius 1 is 0.882 bits per heavy atom. The summed E-state index contributed by atoms with van der Waals surface area (Å²) in [5.41, 5.74) is 0.865. The molecule has 0 saturated carbocycles. The van der Waals surface area contributed by atoms with Crippen molar-refractivity contribution in [2.75, 3.05) is 23.3 Å². The molecule has 0 radical (unpaired) electrons. The molecule has 0 aliphatic heterocycles. The van der Waals surface area contributed by atoms with Crippen LogP contribution in [0.5, 0.6) is 11.5 Å². The number of hydrogen-bond donors (Lipinski definition) is 2. The molecule has 0 atom stereocenters. The number of carbonyl (C=O) groups excluding carboxylic acids is 1. The highest BCUT2D eigenvalue weighted by Crippen LogP contribution is 2.20. The van der Waals surface area contributed by atoms with E-state index in [2.05, 4.69) is 15.0 Å². The normalized spacial score (nSPS) is 10.9. The lowest BCUT2D eigenvalue weighted by Crippen LogP contribution is -2.14. The lowest BCUT2D eigenvalue weighted by atomic mass is 10.2. The van der Waals surface area contributed by atoms with E-state index >= 15 is 0 Å². The molecule has 8 nitrogen and oxygen atoms in total. The van der Waals surface area contributed by atoms with Crippen molar-refractivity contribution >= 4 is 38.1 Å². The SMILES string of the molecule is O=C(Nc1ccc(S(=O)(=O)Nc2nccs2)cc1)c1cccc(OCCOc2ccccc2)c1. The lowest BCUT2D eigenvalue weighted by molar-refractivity contribution is 0.102. The fraction of sp³-hybridized carbons (Fsp3) is 0.0833. The Balaban J connectivity index is 1.31. The van der Waals surface area contributed by atoms with Gasteiger partial charge in [-0.15, -0.1) is 11.3 Å². The molecule has 0 aliphatic rings. The third kappa shape index (κ3) is 6.33. The largest absolute Gasteiger partial charge is 0.490 e. The van der Waals surface area contributed by atoms with Crippen molar-refractivity contribution in [1.82, 2.24) is 4.98 Å². The van der Waals surface area contributed by atoms with Crippen molar-refractivity contribution in [3.63, 3.8) is 0 Å². The minimum Gasteiger partial charge on any atom is -0.490 e. The van der Waals surface area contributed by atoms with Crippen LogP contribution in [0.1, 0.15) is 10.4 Å². The van der Waals surface area contributed by atoms with E-state index in [9.17, 15) is 13.2 Å². The van der Waals surface area contributed by atoms with Gasteiger partial charge in [-0.05, 0) is 54.6 Å². The highest BCUT2D eigenvalue weighted by Gasteiger charge is 2.16. The molecule has 0 spiro atoms. The molecule has 3 aromatic carbocycles. The lowest BCUT2D eigenvalue weighted by Gasteiger charge is -2.10. The summed E-state index contributed by atoms with van der Waals surface area (Å²) in [5, 5.41) is 4.71. The van der Waals surface area contributed by atoms with E-state index in [0.717, 1.165) is 5.75 Å². The minimum absolute atomic E-state index is 0.0637. The fourth-order valence-electron chi connectivity index (χ4n) is 2.93. The van der Waals surface area contributed by atoms with Crippen molar-refractivity contribution in [2.45, 2.75) is 4.90 Å². The number of amides is 1. The minimum atomic E-state index is -3.76. The van der Waals surface area contributed by atoms with Gasteiger partial charge >= 0.3 is 0 Å². The molecule has 4 rings (SSSR count). The van der Waals surface area contributed by atoms with Gasteiger partial charge < -0.3 is 14.8 Å². The number of nitrogens with one attached hydrogen (secondary N) is 2. The third-order valence-corrected chi connectivity index (χ3v) is 6.71. The fourth-order valence-corrected chi connectivity index (χ4v) is 4.72. The molecule has 34 heavy (non-hydrogen) atoms. The molecular formula is C24H21N3O5S2. The number of carbonyl (C=O) groups is 1. The first-order valence-corrected chi connectivity index (χ1v) is 12.6. The van der Waals surface area contributed by atoms with Crippen LogP contribution in [-0.4, -0.2) is 32.5 Å². The number of benzene rings is 3. The molecule has 0 bridgehead atoms. The number of nitrogens with zero attached hydrogens (tertiary/aromatic N) is 1. The summed E-state index contributed by atoms with van der Waals surface area (Å²) in [7, 11) is -3.76. The summed E-state index contributed by atoms with van der Waals surface area (Å²) in [6, 6.07) is 22.1. The number of para-hydroxylation sites is 1. The van der Waals surface area contributed by atoms with Crippen LogP contribution in [-0.2, 0) is 10.0 Å². The first kappa shape index (κ1) is 23.3. The number of anilines is 2. The second-order valence-electron chi connectivity index (χ2n) is 6.96. The van der Waals surface area contributed by atoms with Gasteiger partial charge in [0.1, 0.15) is 24.7 Å². The Labute approximate surface area is 201 Å². The number of sulfonamides is 1. The Morgan fingerprint density at radius 3 is 2.29 bits per heavy atom. The van der Waals surface area contributed by atoms with Crippen molar-refractivity contribution in [1.29, 1.82) is 0 Å². The average molecular weight is 496 g/mol. The van der Waals surface area contributed by atoms with Gasteiger partial charge in [0.05, 0.1) is 4.90 Å². The predicted molar refractivity (Wildman–Crippen MR) is 131 cm³/mol. The van der Waals surface area contributed by atoms with Crippen LogP contribution in [0.3, 0.4) is 0 Å². The molecule has 1 heterocycles. The van der Waals surface area contributed by atoms with Crippen LogP contribution in [0, 0.1) is 0 Å². The molecule has 0 aliphatic carbocycles. The monoisotopic (exact) mass is 495 g/mol. The number of ether oxygens (including phenoxy) is 2. The smallest absolute Gasteiger partial charge is 0.263 e. The summed E-state index contributed by atoms with van der Waals surface area (Å²) in [6.45, 7) is 0.692. The van der Waals surface area contributed by atoms with E-state index in [1.165, 1.54) is 41.8 Å².